The number of hydrogen-bond donors (Lipinski definition) is 1. The Morgan fingerprint density at radius 1 is 1.06 bits per heavy atom. The van der Waals surface area contributed by atoms with Crippen molar-refractivity contribution in [2.75, 3.05) is 17.1 Å². The number of amides is 2. The molecule has 0 aromatic heterocycles. The van der Waals surface area contributed by atoms with E-state index in [4.69, 9.17) is 11.6 Å². The first kappa shape index (κ1) is 27.7. The summed E-state index contributed by atoms with van der Waals surface area (Å²) >= 11 is 6.03. The Hall–Kier alpha value is -2.58. The van der Waals surface area contributed by atoms with E-state index in [1.54, 1.807) is 36.1 Å². The minimum absolute atomic E-state index is 0.00430. The van der Waals surface area contributed by atoms with E-state index in [0.717, 1.165) is 18.2 Å². The Morgan fingerprint density at radius 2 is 1.74 bits per heavy atom. The van der Waals surface area contributed by atoms with Gasteiger partial charge in [-0.2, -0.15) is 0 Å². The highest BCUT2D eigenvalue weighted by molar-refractivity contribution is 7.92. The van der Waals surface area contributed by atoms with Crippen molar-refractivity contribution in [3.63, 3.8) is 0 Å². The second kappa shape index (κ2) is 12.8. The first-order chi connectivity index (χ1) is 16.0. The van der Waals surface area contributed by atoms with Crippen molar-refractivity contribution < 1.29 is 18.0 Å². The zero-order valence-corrected chi connectivity index (χ0v) is 21.8. The summed E-state index contributed by atoms with van der Waals surface area (Å²) in [4.78, 5) is 27.6. The van der Waals surface area contributed by atoms with Gasteiger partial charge in [0.2, 0.25) is 21.8 Å². The van der Waals surface area contributed by atoms with E-state index in [1.807, 2.05) is 44.2 Å². The third kappa shape index (κ3) is 8.33. The summed E-state index contributed by atoms with van der Waals surface area (Å²) in [6.07, 6.45) is 2.30. The predicted octanol–water partition coefficient (Wildman–Crippen LogP) is 4.22. The maximum atomic E-state index is 13.2. The van der Waals surface area contributed by atoms with Crippen LogP contribution in [0.15, 0.2) is 54.6 Å². The summed E-state index contributed by atoms with van der Waals surface area (Å²) in [5.41, 5.74) is 1.36. The zero-order chi connectivity index (χ0) is 25.3. The van der Waals surface area contributed by atoms with Gasteiger partial charge in [-0.05, 0) is 50.5 Å². The Morgan fingerprint density at radius 3 is 2.32 bits per heavy atom. The van der Waals surface area contributed by atoms with Crippen LogP contribution in [0.25, 0.3) is 0 Å². The highest BCUT2D eigenvalue weighted by Gasteiger charge is 2.27. The molecule has 0 saturated carbocycles. The van der Waals surface area contributed by atoms with E-state index >= 15 is 0 Å². The number of carbonyl (C=O) groups is 2. The topological polar surface area (TPSA) is 86.8 Å². The van der Waals surface area contributed by atoms with Crippen LogP contribution in [0.5, 0.6) is 0 Å². The Bertz CT molecular complexity index is 1060. The summed E-state index contributed by atoms with van der Waals surface area (Å²) in [5, 5.41) is 3.37. The second-order valence-electron chi connectivity index (χ2n) is 8.42. The fraction of sp³-hybridized carbons (Fsp3) is 0.440. The van der Waals surface area contributed by atoms with E-state index in [-0.39, 0.29) is 30.8 Å². The summed E-state index contributed by atoms with van der Waals surface area (Å²) in [6.45, 7) is 6.03. The lowest BCUT2D eigenvalue weighted by atomic mass is 10.1. The molecule has 0 aliphatic rings. The van der Waals surface area contributed by atoms with Crippen LogP contribution < -0.4 is 9.62 Å². The zero-order valence-electron chi connectivity index (χ0n) is 20.2. The number of hydrogen-bond acceptors (Lipinski definition) is 4. The molecule has 0 radical (unpaired) electrons. The van der Waals surface area contributed by atoms with Crippen LogP contribution in [0.4, 0.5) is 5.69 Å². The molecule has 2 aromatic carbocycles. The molecule has 9 heteroatoms. The molecule has 2 atom stereocenters. The maximum absolute atomic E-state index is 13.2. The average molecular weight is 508 g/mol. The SMILES string of the molecule is CC[C@@H](C)NC(=O)[C@H](C)N(Cc1ccccc1)C(=O)CCCN(c1cccc(Cl)c1)S(C)(=O)=O. The molecule has 2 aromatic rings. The highest BCUT2D eigenvalue weighted by Crippen LogP contribution is 2.22. The lowest BCUT2D eigenvalue weighted by molar-refractivity contribution is -0.140. The summed E-state index contributed by atoms with van der Waals surface area (Å²) in [7, 11) is -3.56. The summed E-state index contributed by atoms with van der Waals surface area (Å²) < 4.78 is 26.0. The number of carbonyl (C=O) groups excluding carboxylic acids is 2. The minimum atomic E-state index is -3.56. The fourth-order valence-corrected chi connectivity index (χ4v) is 4.61. The molecule has 186 valence electrons. The van der Waals surface area contributed by atoms with Crippen LogP contribution in [0.2, 0.25) is 5.02 Å². The van der Waals surface area contributed by atoms with Gasteiger partial charge in [0, 0.05) is 30.6 Å². The second-order valence-corrected chi connectivity index (χ2v) is 10.8. The molecule has 0 fully saturated rings. The van der Waals surface area contributed by atoms with Crippen molar-refractivity contribution in [3.05, 3.63) is 65.2 Å². The van der Waals surface area contributed by atoms with Gasteiger partial charge < -0.3 is 10.2 Å². The molecule has 0 heterocycles. The first-order valence-corrected chi connectivity index (χ1v) is 13.6. The smallest absolute Gasteiger partial charge is 0.242 e. The lowest BCUT2D eigenvalue weighted by Gasteiger charge is -2.30. The number of benzene rings is 2. The van der Waals surface area contributed by atoms with Crippen LogP contribution in [-0.4, -0.2) is 50.0 Å². The molecule has 0 bridgehead atoms. The third-order valence-electron chi connectivity index (χ3n) is 5.61. The Balaban J connectivity index is 2.14. The fourth-order valence-electron chi connectivity index (χ4n) is 3.46. The quantitative estimate of drug-likeness (QED) is 0.466. The molecule has 0 saturated heterocycles. The van der Waals surface area contributed by atoms with Gasteiger partial charge in [-0.3, -0.25) is 13.9 Å². The van der Waals surface area contributed by atoms with Gasteiger partial charge in [-0.25, -0.2) is 8.42 Å². The van der Waals surface area contributed by atoms with Crippen molar-refractivity contribution in [1.29, 1.82) is 0 Å². The van der Waals surface area contributed by atoms with Gasteiger partial charge in [0.05, 0.1) is 11.9 Å². The van der Waals surface area contributed by atoms with E-state index < -0.39 is 16.1 Å². The van der Waals surface area contributed by atoms with Crippen molar-refractivity contribution in [3.8, 4) is 0 Å². The molecule has 0 aliphatic carbocycles. The van der Waals surface area contributed by atoms with E-state index in [9.17, 15) is 18.0 Å². The minimum Gasteiger partial charge on any atom is -0.352 e. The summed E-state index contributed by atoms with van der Waals surface area (Å²) in [6, 6.07) is 15.4. The van der Waals surface area contributed by atoms with Crippen LogP contribution in [0.1, 0.15) is 45.6 Å². The van der Waals surface area contributed by atoms with Gasteiger partial charge in [0.25, 0.3) is 0 Å². The molecule has 0 spiro atoms. The van der Waals surface area contributed by atoms with Crippen LogP contribution in [0, 0.1) is 0 Å². The largest absolute Gasteiger partial charge is 0.352 e. The maximum Gasteiger partial charge on any atom is 0.242 e. The van der Waals surface area contributed by atoms with Crippen molar-refractivity contribution in [2.24, 2.45) is 0 Å². The van der Waals surface area contributed by atoms with Gasteiger partial charge in [-0.1, -0.05) is 54.9 Å². The van der Waals surface area contributed by atoms with E-state index in [1.165, 1.54) is 4.31 Å². The average Bonchev–Trinajstić information content (AvgIpc) is 2.79. The van der Waals surface area contributed by atoms with Gasteiger partial charge in [-0.15, -0.1) is 0 Å². The molecule has 0 unspecified atom stereocenters. The standard InChI is InChI=1S/C25H34ClN3O4S/c1-5-19(2)27-25(31)20(3)28(18-21-11-7-6-8-12-21)24(30)15-10-16-29(34(4,32)33)23-14-9-13-22(26)17-23/h6-9,11-14,17,19-20H,5,10,15-16,18H2,1-4H3,(H,27,31)/t19-,20+/m1/s1. The van der Waals surface area contributed by atoms with E-state index in [0.29, 0.717) is 23.7 Å². The normalized spacial score (nSPS) is 13.1. The molecular formula is C25H34ClN3O4S. The van der Waals surface area contributed by atoms with Crippen molar-refractivity contribution in [1.82, 2.24) is 10.2 Å². The number of sulfonamides is 1. The number of halogens is 1. The van der Waals surface area contributed by atoms with Crippen LogP contribution in [-0.2, 0) is 26.2 Å². The van der Waals surface area contributed by atoms with Gasteiger partial charge >= 0.3 is 0 Å². The molecule has 2 amide bonds. The number of nitrogens with one attached hydrogen (secondary N) is 1. The third-order valence-corrected chi connectivity index (χ3v) is 7.04. The predicted molar refractivity (Wildman–Crippen MR) is 137 cm³/mol. The van der Waals surface area contributed by atoms with Crippen LogP contribution >= 0.6 is 11.6 Å². The van der Waals surface area contributed by atoms with E-state index in [2.05, 4.69) is 5.32 Å². The Labute approximate surface area is 208 Å². The lowest BCUT2D eigenvalue weighted by Crippen LogP contribution is -2.49. The highest BCUT2D eigenvalue weighted by atomic mass is 35.5. The van der Waals surface area contributed by atoms with Gasteiger partial charge in [0.1, 0.15) is 6.04 Å². The van der Waals surface area contributed by atoms with Crippen molar-refractivity contribution in [2.45, 2.75) is 58.7 Å². The molecule has 7 nitrogen and oxygen atoms in total. The Kier molecular flexibility index (Phi) is 10.4. The molecule has 2 rings (SSSR count). The van der Waals surface area contributed by atoms with Crippen LogP contribution in [0.3, 0.4) is 0 Å². The van der Waals surface area contributed by atoms with Gasteiger partial charge in [0.15, 0.2) is 0 Å². The number of anilines is 1. The molecular weight excluding hydrogens is 474 g/mol. The van der Waals surface area contributed by atoms with Crippen molar-refractivity contribution >= 4 is 39.1 Å². The monoisotopic (exact) mass is 507 g/mol. The first-order valence-electron chi connectivity index (χ1n) is 11.4. The number of nitrogens with zero attached hydrogens (tertiary/aromatic N) is 2. The molecule has 1 N–H and O–H groups in total. The number of rotatable bonds is 12. The molecule has 0 aliphatic heterocycles. The summed E-state index contributed by atoms with van der Waals surface area (Å²) in [5.74, 6) is -0.425. The molecule has 34 heavy (non-hydrogen) atoms.